The third-order valence-corrected chi connectivity index (χ3v) is 4.80. The van der Waals surface area contributed by atoms with E-state index < -0.39 is 0 Å². The molecule has 0 aliphatic carbocycles. The Hall–Kier alpha value is -2.45. The van der Waals surface area contributed by atoms with E-state index in [1.165, 1.54) is 10.8 Å². The summed E-state index contributed by atoms with van der Waals surface area (Å²) in [6.07, 6.45) is 0.660. The molecular weight excluding hydrogens is 312 g/mol. The van der Waals surface area contributed by atoms with Crippen LogP contribution in [0.4, 0.5) is 0 Å². The lowest BCUT2D eigenvalue weighted by atomic mass is 9.94. The minimum atomic E-state index is 0. The van der Waals surface area contributed by atoms with Gasteiger partial charge in [0, 0.05) is 16.9 Å². The van der Waals surface area contributed by atoms with Crippen LogP contribution in [0.25, 0.3) is 21.5 Å². The predicted octanol–water partition coefficient (Wildman–Crippen LogP) is 6.21. The van der Waals surface area contributed by atoms with Crippen LogP contribution < -0.4 is 0 Å². The van der Waals surface area contributed by atoms with Crippen molar-refractivity contribution in [3.63, 3.8) is 0 Å². The van der Waals surface area contributed by atoms with E-state index in [0.717, 1.165) is 26.8 Å². The molecule has 1 N–H and O–H groups in total. The summed E-state index contributed by atoms with van der Waals surface area (Å²) in [5.41, 5.74) is 2.10. The molecule has 0 unspecified atom stereocenters. The zero-order chi connectivity index (χ0) is 15.8. The van der Waals surface area contributed by atoms with Crippen molar-refractivity contribution in [1.29, 1.82) is 0 Å². The zero-order valence-electron chi connectivity index (χ0n) is 12.5. The second-order valence-electron chi connectivity index (χ2n) is 5.75. The molecule has 0 aliphatic heterocycles. The van der Waals surface area contributed by atoms with Gasteiger partial charge in [0.2, 0.25) is 0 Å². The zero-order valence-corrected chi connectivity index (χ0v) is 13.4. The van der Waals surface area contributed by atoms with Gasteiger partial charge in [0.25, 0.3) is 0 Å². The number of hydrogen-bond donors (Lipinski definition) is 2. The fraction of sp³-hybridized carbons (Fsp3) is 0.0909. The SMILES string of the molecule is C.Oc1ccc2ccccc2c1Cc1c(S)ccc2ccccc12. The molecular formula is C22H20OS. The number of fused-ring (bicyclic) bond motifs is 2. The number of hydrogen-bond acceptors (Lipinski definition) is 2. The molecule has 0 saturated carbocycles. The second kappa shape index (κ2) is 6.58. The largest absolute Gasteiger partial charge is 0.508 e. The summed E-state index contributed by atoms with van der Waals surface area (Å²) in [6.45, 7) is 0. The fourth-order valence-corrected chi connectivity index (χ4v) is 3.47. The van der Waals surface area contributed by atoms with E-state index >= 15 is 0 Å². The van der Waals surface area contributed by atoms with Crippen LogP contribution in [0.3, 0.4) is 0 Å². The topological polar surface area (TPSA) is 20.2 Å². The number of thiol groups is 1. The van der Waals surface area contributed by atoms with Gasteiger partial charge in [0.05, 0.1) is 0 Å². The highest BCUT2D eigenvalue weighted by Crippen LogP contribution is 2.33. The maximum atomic E-state index is 10.4. The van der Waals surface area contributed by atoms with Crippen molar-refractivity contribution < 1.29 is 5.11 Å². The number of phenols is 1. The molecule has 24 heavy (non-hydrogen) atoms. The first kappa shape index (κ1) is 16.4. The summed E-state index contributed by atoms with van der Waals surface area (Å²) in [7, 11) is 0. The Morgan fingerprint density at radius 2 is 1.21 bits per heavy atom. The van der Waals surface area contributed by atoms with Crippen LogP contribution in [0, 0.1) is 0 Å². The van der Waals surface area contributed by atoms with Crippen LogP contribution in [-0.4, -0.2) is 5.11 Å². The summed E-state index contributed by atoms with van der Waals surface area (Å²) in [4.78, 5) is 0.955. The summed E-state index contributed by atoms with van der Waals surface area (Å²) in [5, 5.41) is 15.0. The van der Waals surface area contributed by atoms with Crippen LogP contribution in [0.5, 0.6) is 5.75 Å². The summed E-state index contributed by atoms with van der Waals surface area (Å²) < 4.78 is 0. The van der Waals surface area contributed by atoms with Gasteiger partial charge in [-0.15, -0.1) is 12.6 Å². The molecule has 4 aromatic carbocycles. The molecule has 0 fully saturated rings. The molecule has 0 aliphatic rings. The minimum Gasteiger partial charge on any atom is -0.508 e. The highest BCUT2D eigenvalue weighted by molar-refractivity contribution is 7.80. The molecule has 120 valence electrons. The van der Waals surface area contributed by atoms with Gasteiger partial charge in [0.1, 0.15) is 5.75 Å². The molecule has 0 atom stereocenters. The first-order valence-corrected chi connectivity index (χ1v) is 8.08. The second-order valence-corrected chi connectivity index (χ2v) is 6.23. The summed E-state index contributed by atoms with van der Waals surface area (Å²) >= 11 is 4.65. The lowest BCUT2D eigenvalue weighted by molar-refractivity contribution is 0.470. The lowest BCUT2D eigenvalue weighted by Crippen LogP contribution is -1.94. The first-order chi connectivity index (χ1) is 11.2. The quantitative estimate of drug-likeness (QED) is 0.418. The Morgan fingerprint density at radius 1 is 0.667 bits per heavy atom. The highest BCUT2D eigenvalue weighted by Gasteiger charge is 2.12. The third kappa shape index (κ3) is 2.74. The molecule has 2 heteroatoms. The lowest BCUT2D eigenvalue weighted by Gasteiger charge is -2.13. The van der Waals surface area contributed by atoms with Crippen molar-refractivity contribution in [1.82, 2.24) is 0 Å². The number of aromatic hydroxyl groups is 1. The van der Waals surface area contributed by atoms with Crippen molar-refractivity contribution in [2.24, 2.45) is 0 Å². The molecule has 0 spiro atoms. The van der Waals surface area contributed by atoms with Crippen LogP contribution in [-0.2, 0) is 6.42 Å². The third-order valence-electron chi connectivity index (χ3n) is 4.39. The maximum Gasteiger partial charge on any atom is 0.119 e. The molecule has 0 heterocycles. The minimum absolute atomic E-state index is 0. The van der Waals surface area contributed by atoms with Gasteiger partial charge in [-0.1, -0.05) is 68.1 Å². The summed E-state index contributed by atoms with van der Waals surface area (Å²) in [5.74, 6) is 0.337. The average Bonchev–Trinajstić information content (AvgIpc) is 2.59. The Kier molecular flexibility index (Phi) is 4.50. The van der Waals surface area contributed by atoms with E-state index in [1.807, 2.05) is 36.4 Å². The van der Waals surface area contributed by atoms with Crippen LogP contribution in [0.1, 0.15) is 18.6 Å². The Balaban J connectivity index is 0.00000169. The molecule has 4 rings (SSSR count). The Bertz CT molecular complexity index is 937. The number of phenolic OH excluding ortho intramolecular Hbond substituents is 1. The van der Waals surface area contributed by atoms with E-state index in [1.54, 1.807) is 6.07 Å². The highest BCUT2D eigenvalue weighted by atomic mass is 32.1. The van der Waals surface area contributed by atoms with Gasteiger partial charge in [-0.25, -0.2) is 0 Å². The molecule has 1 nitrogen and oxygen atoms in total. The molecule has 0 amide bonds. The number of rotatable bonds is 2. The van der Waals surface area contributed by atoms with Crippen molar-refractivity contribution in [2.75, 3.05) is 0 Å². The Morgan fingerprint density at radius 3 is 1.88 bits per heavy atom. The normalized spacial score (nSPS) is 10.7. The van der Waals surface area contributed by atoms with E-state index in [0.29, 0.717) is 12.2 Å². The van der Waals surface area contributed by atoms with E-state index in [4.69, 9.17) is 0 Å². The van der Waals surface area contributed by atoms with Gasteiger partial charge in [-0.2, -0.15) is 0 Å². The smallest absolute Gasteiger partial charge is 0.119 e. The van der Waals surface area contributed by atoms with Gasteiger partial charge in [0.15, 0.2) is 0 Å². The molecule has 0 aromatic heterocycles. The van der Waals surface area contributed by atoms with Crippen molar-refractivity contribution in [3.8, 4) is 5.75 Å². The van der Waals surface area contributed by atoms with E-state index in [2.05, 4.69) is 43.0 Å². The molecule has 0 bridgehead atoms. The van der Waals surface area contributed by atoms with Crippen molar-refractivity contribution >= 4 is 34.2 Å². The number of benzene rings is 4. The van der Waals surface area contributed by atoms with Gasteiger partial charge in [-0.05, 0) is 39.2 Å². The average molecular weight is 332 g/mol. The molecule has 0 saturated heterocycles. The van der Waals surface area contributed by atoms with E-state index in [-0.39, 0.29) is 7.43 Å². The van der Waals surface area contributed by atoms with E-state index in [9.17, 15) is 5.11 Å². The maximum absolute atomic E-state index is 10.4. The monoisotopic (exact) mass is 332 g/mol. The van der Waals surface area contributed by atoms with Crippen molar-refractivity contribution in [2.45, 2.75) is 18.7 Å². The van der Waals surface area contributed by atoms with Crippen LogP contribution in [0.2, 0.25) is 0 Å². The van der Waals surface area contributed by atoms with Crippen LogP contribution >= 0.6 is 12.6 Å². The van der Waals surface area contributed by atoms with Gasteiger partial charge in [-0.3, -0.25) is 0 Å². The Labute approximate surface area is 148 Å². The first-order valence-electron chi connectivity index (χ1n) is 7.63. The predicted molar refractivity (Wildman–Crippen MR) is 106 cm³/mol. The fourth-order valence-electron chi connectivity index (χ4n) is 3.20. The van der Waals surface area contributed by atoms with Gasteiger partial charge < -0.3 is 5.11 Å². The van der Waals surface area contributed by atoms with Gasteiger partial charge >= 0.3 is 0 Å². The molecule has 0 radical (unpaired) electrons. The summed E-state index contributed by atoms with van der Waals surface area (Å²) in [6, 6.07) is 24.3. The van der Waals surface area contributed by atoms with Crippen LogP contribution in [0.15, 0.2) is 77.7 Å². The van der Waals surface area contributed by atoms with Crippen molar-refractivity contribution in [3.05, 3.63) is 83.9 Å². The molecule has 4 aromatic rings. The standard InChI is InChI=1S/C21H16OS.CH4/c22-20-11-9-14-5-1-3-7-16(14)18(20)13-19-17-8-4-2-6-15(17)10-12-21(19)23;/h1-12,22-23H,13H2;1H4.